The van der Waals surface area contributed by atoms with Gasteiger partial charge in [-0.15, -0.1) is 11.3 Å². The maximum Gasteiger partial charge on any atom is 0.0384 e. The molecule has 46 valence electrons. The van der Waals surface area contributed by atoms with Crippen molar-refractivity contribution in [3.05, 3.63) is 21.9 Å². The lowest BCUT2D eigenvalue weighted by Crippen LogP contribution is -1.61. The van der Waals surface area contributed by atoms with Crippen molar-refractivity contribution in [1.82, 2.24) is 0 Å². The summed E-state index contributed by atoms with van der Waals surface area (Å²) in [4.78, 5) is 2.20. The molecule has 0 aliphatic rings. The van der Waals surface area contributed by atoms with E-state index in [4.69, 9.17) is 24.4 Å². The van der Waals surface area contributed by atoms with Gasteiger partial charge in [0.25, 0.3) is 0 Å². The number of thiocarbonyl (C=S) groups is 2. The number of rotatable bonds is 2. The van der Waals surface area contributed by atoms with Gasteiger partial charge in [0.15, 0.2) is 0 Å². The molecule has 1 rings (SSSR count). The fourth-order valence-electron chi connectivity index (χ4n) is 0.495. The van der Waals surface area contributed by atoms with Gasteiger partial charge in [-0.1, -0.05) is 24.4 Å². The van der Waals surface area contributed by atoms with Gasteiger partial charge in [-0.25, -0.2) is 0 Å². The lowest BCUT2D eigenvalue weighted by atomic mass is 10.5. The van der Waals surface area contributed by atoms with Crippen LogP contribution < -0.4 is 0 Å². The normalized spacial score (nSPS) is 8.89. The predicted octanol–water partition coefficient (Wildman–Crippen LogP) is 2.44. The Morgan fingerprint density at radius 2 is 1.56 bits per heavy atom. The van der Waals surface area contributed by atoms with Crippen LogP contribution in [0.1, 0.15) is 9.75 Å². The average Bonchev–Trinajstić information content (AvgIpc) is 2.34. The minimum atomic E-state index is 1.10. The van der Waals surface area contributed by atoms with E-state index >= 15 is 0 Å². The Kier molecular flexibility index (Phi) is 2.45. The molecule has 0 amide bonds. The van der Waals surface area contributed by atoms with Crippen molar-refractivity contribution in [2.24, 2.45) is 0 Å². The van der Waals surface area contributed by atoms with E-state index < -0.39 is 0 Å². The highest BCUT2D eigenvalue weighted by atomic mass is 32.1. The second-order valence-electron chi connectivity index (χ2n) is 1.48. The van der Waals surface area contributed by atoms with Crippen LogP contribution in [0, 0.1) is 0 Å². The van der Waals surface area contributed by atoms with Gasteiger partial charge in [0.1, 0.15) is 0 Å². The van der Waals surface area contributed by atoms with Crippen LogP contribution in [0.25, 0.3) is 0 Å². The zero-order valence-electron chi connectivity index (χ0n) is 4.53. The van der Waals surface area contributed by atoms with E-state index in [2.05, 4.69) is 0 Å². The molecule has 0 atom stereocenters. The molecule has 0 aliphatic carbocycles. The fraction of sp³-hybridized carbons (Fsp3) is 0. The largest absolute Gasteiger partial charge is 0.135 e. The Labute approximate surface area is 68.5 Å². The molecule has 9 heavy (non-hydrogen) atoms. The number of thiophene rings is 1. The molecule has 0 bridgehead atoms. The Morgan fingerprint density at radius 3 is 1.78 bits per heavy atom. The first-order valence-corrected chi connectivity index (χ1v) is 4.13. The van der Waals surface area contributed by atoms with Gasteiger partial charge >= 0.3 is 0 Å². The molecule has 1 aromatic rings. The van der Waals surface area contributed by atoms with Crippen LogP contribution in [0.15, 0.2) is 12.1 Å². The van der Waals surface area contributed by atoms with Crippen LogP contribution in [0.5, 0.6) is 0 Å². The predicted molar refractivity (Wildman–Crippen MR) is 49.8 cm³/mol. The lowest BCUT2D eigenvalue weighted by molar-refractivity contribution is 1.98. The van der Waals surface area contributed by atoms with E-state index in [9.17, 15) is 0 Å². The second kappa shape index (κ2) is 3.15. The third kappa shape index (κ3) is 1.64. The molecule has 0 saturated carbocycles. The van der Waals surface area contributed by atoms with E-state index in [0.29, 0.717) is 0 Å². The first-order valence-electron chi connectivity index (χ1n) is 2.37. The van der Waals surface area contributed by atoms with Gasteiger partial charge in [-0.2, -0.15) is 0 Å². The average molecular weight is 172 g/mol. The molecule has 0 radical (unpaired) electrons. The quantitative estimate of drug-likeness (QED) is 0.628. The van der Waals surface area contributed by atoms with Gasteiger partial charge in [0.2, 0.25) is 0 Å². The molecule has 0 N–H and O–H groups in total. The number of hydrogen-bond acceptors (Lipinski definition) is 3. The van der Waals surface area contributed by atoms with Crippen molar-refractivity contribution >= 4 is 46.5 Å². The molecule has 1 heterocycles. The third-order valence-electron chi connectivity index (χ3n) is 0.880. The molecule has 0 aliphatic heterocycles. The smallest absolute Gasteiger partial charge is 0.0384 e. The minimum Gasteiger partial charge on any atom is -0.135 e. The summed E-state index contributed by atoms with van der Waals surface area (Å²) in [5, 5.41) is 3.32. The molecule has 0 spiro atoms. The Balaban J connectivity index is 2.98. The van der Waals surface area contributed by atoms with Gasteiger partial charge in [0.05, 0.1) is 0 Å². The molecule has 1 aromatic heterocycles. The standard InChI is InChI=1S/C6H4S3/c7-3-5-1-2-6(4-8)9-5/h1-4H. The van der Waals surface area contributed by atoms with E-state index in [0.717, 1.165) is 9.75 Å². The molecule has 0 saturated heterocycles. The Hall–Kier alpha value is -0.120. The van der Waals surface area contributed by atoms with Gasteiger partial charge in [-0.3, -0.25) is 0 Å². The van der Waals surface area contributed by atoms with Crippen LogP contribution in [0.4, 0.5) is 0 Å². The summed E-state index contributed by atoms with van der Waals surface area (Å²) in [5.41, 5.74) is 0. The first kappa shape index (κ1) is 6.99. The summed E-state index contributed by atoms with van der Waals surface area (Å²) in [6.07, 6.45) is 0. The summed E-state index contributed by atoms with van der Waals surface area (Å²) < 4.78 is 0. The maximum atomic E-state index is 4.72. The molecule has 0 aromatic carbocycles. The third-order valence-corrected chi connectivity index (χ3v) is 2.67. The topological polar surface area (TPSA) is 0 Å². The van der Waals surface area contributed by atoms with Crippen LogP contribution >= 0.6 is 35.8 Å². The van der Waals surface area contributed by atoms with E-state index in [1.54, 1.807) is 22.1 Å². The lowest BCUT2D eigenvalue weighted by Gasteiger charge is -1.74. The van der Waals surface area contributed by atoms with Crippen molar-refractivity contribution in [2.75, 3.05) is 0 Å². The molecule has 0 fully saturated rings. The fourth-order valence-corrected chi connectivity index (χ4v) is 1.58. The molecule has 3 heteroatoms. The van der Waals surface area contributed by atoms with Crippen LogP contribution in [0.3, 0.4) is 0 Å². The molecular formula is C6H4S3. The van der Waals surface area contributed by atoms with Gasteiger partial charge in [-0.05, 0) is 12.1 Å². The summed E-state index contributed by atoms with van der Waals surface area (Å²) >= 11 is 11.0. The van der Waals surface area contributed by atoms with Crippen LogP contribution in [-0.2, 0) is 0 Å². The van der Waals surface area contributed by atoms with Crippen molar-refractivity contribution < 1.29 is 0 Å². The van der Waals surface area contributed by atoms with Crippen LogP contribution in [0.2, 0.25) is 0 Å². The van der Waals surface area contributed by atoms with Gasteiger partial charge in [0, 0.05) is 20.5 Å². The Morgan fingerprint density at radius 1 is 1.11 bits per heavy atom. The highest BCUT2D eigenvalue weighted by Gasteiger charge is 1.90. The first-order chi connectivity index (χ1) is 4.36. The molecule has 0 unspecified atom stereocenters. The van der Waals surface area contributed by atoms with Crippen molar-refractivity contribution in [1.29, 1.82) is 0 Å². The van der Waals surface area contributed by atoms with Crippen molar-refractivity contribution in [3.63, 3.8) is 0 Å². The van der Waals surface area contributed by atoms with Crippen molar-refractivity contribution in [2.45, 2.75) is 0 Å². The minimum absolute atomic E-state index is 1.10. The Bertz CT molecular complexity index is 201. The second-order valence-corrected chi connectivity index (χ2v) is 3.09. The van der Waals surface area contributed by atoms with Gasteiger partial charge < -0.3 is 0 Å². The summed E-state index contributed by atoms with van der Waals surface area (Å²) in [6.45, 7) is 0. The monoisotopic (exact) mass is 172 g/mol. The zero-order valence-corrected chi connectivity index (χ0v) is 6.98. The SMILES string of the molecule is S=Cc1ccc(C=S)s1. The molecular weight excluding hydrogens is 168 g/mol. The summed E-state index contributed by atoms with van der Waals surface area (Å²) in [5.74, 6) is 0. The van der Waals surface area contributed by atoms with Crippen LogP contribution in [-0.4, -0.2) is 10.7 Å². The summed E-state index contributed by atoms with van der Waals surface area (Å²) in [6, 6.07) is 3.94. The number of hydrogen-bond donors (Lipinski definition) is 0. The van der Waals surface area contributed by atoms with Crippen molar-refractivity contribution in [3.8, 4) is 0 Å². The summed E-state index contributed by atoms with van der Waals surface area (Å²) in [7, 11) is 0. The van der Waals surface area contributed by atoms with E-state index in [1.807, 2.05) is 12.1 Å². The van der Waals surface area contributed by atoms with E-state index in [1.165, 1.54) is 0 Å². The zero-order chi connectivity index (χ0) is 6.69. The highest BCUT2D eigenvalue weighted by Crippen LogP contribution is 2.11. The highest BCUT2D eigenvalue weighted by molar-refractivity contribution is 7.80. The molecule has 0 nitrogen and oxygen atoms in total. The van der Waals surface area contributed by atoms with E-state index in [-0.39, 0.29) is 0 Å². The maximum absolute atomic E-state index is 4.72.